The van der Waals surface area contributed by atoms with Gasteiger partial charge in [-0.2, -0.15) is 5.10 Å². The highest BCUT2D eigenvalue weighted by atomic mass is 16.6. The predicted octanol–water partition coefficient (Wildman–Crippen LogP) is 4.18. The van der Waals surface area contributed by atoms with Crippen molar-refractivity contribution in [1.82, 2.24) is 5.43 Å². The summed E-state index contributed by atoms with van der Waals surface area (Å²) in [4.78, 5) is 64.4. The van der Waals surface area contributed by atoms with Crippen LogP contribution in [0.15, 0.2) is 96.1 Å². The molecule has 8 rings (SSSR count). The number of amides is 3. The first-order valence-electron chi connectivity index (χ1n) is 13.8. The Kier molecular flexibility index (Phi) is 6.07. The highest BCUT2D eigenvalue weighted by Gasteiger charge is 2.68. The van der Waals surface area contributed by atoms with E-state index in [0.717, 1.165) is 34.2 Å². The van der Waals surface area contributed by atoms with E-state index in [1.165, 1.54) is 30.5 Å². The zero-order chi connectivity index (χ0) is 31.6. The van der Waals surface area contributed by atoms with Crippen LogP contribution < -0.4 is 10.3 Å². The lowest BCUT2D eigenvalue weighted by Gasteiger charge is -2.52. The molecule has 3 amide bonds. The summed E-state index contributed by atoms with van der Waals surface area (Å²) in [6, 6.07) is 23.1. The Balaban J connectivity index is 1.39. The van der Waals surface area contributed by atoms with E-state index in [1.807, 2.05) is 36.4 Å². The molecule has 3 aliphatic carbocycles. The van der Waals surface area contributed by atoms with Crippen molar-refractivity contribution in [1.29, 1.82) is 0 Å². The summed E-state index contributed by atoms with van der Waals surface area (Å²) in [6.07, 6.45) is 1.37. The molecule has 2 N–H and O–H groups in total. The van der Waals surface area contributed by atoms with Gasteiger partial charge >= 0.3 is 0 Å². The number of nitrogens with zero attached hydrogens (tertiary/aromatic N) is 4. The number of carbonyl (C=O) groups is 3. The van der Waals surface area contributed by atoms with Crippen molar-refractivity contribution < 1.29 is 29.3 Å². The van der Waals surface area contributed by atoms with E-state index >= 15 is 0 Å². The highest BCUT2D eigenvalue weighted by molar-refractivity contribution is 6.25. The number of rotatable bonds is 6. The van der Waals surface area contributed by atoms with Crippen molar-refractivity contribution in [3.8, 4) is 5.75 Å². The van der Waals surface area contributed by atoms with Crippen LogP contribution in [0.2, 0.25) is 0 Å². The average Bonchev–Trinajstić information content (AvgIpc) is 3.31. The van der Waals surface area contributed by atoms with Crippen molar-refractivity contribution >= 4 is 41.0 Å². The average molecular weight is 604 g/mol. The SMILES string of the molecule is O=C(N/N=C\C12c3ccccc3C(c3ccccc31)[C@@H]1C(=O)N(c3ccccc3[N+](=O)[O-])C(=O)[C@@H]12)c1cc([N+](=O)[O-])ccc1O. The molecule has 1 heterocycles. The number of carbonyl (C=O) groups excluding carboxylic acids is 3. The van der Waals surface area contributed by atoms with Gasteiger partial charge in [0.15, 0.2) is 0 Å². The van der Waals surface area contributed by atoms with Crippen molar-refractivity contribution in [3.05, 3.63) is 139 Å². The van der Waals surface area contributed by atoms with Crippen LogP contribution in [0.3, 0.4) is 0 Å². The molecule has 0 aromatic heterocycles. The molecule has 2 atom stereocenters. The van der Waals surface area contributed by atoms with E-state index in [4.69, 9.17) is 0 Å². The van der Waals surface area contributed by atoms with E-state index in [9.17, 15) is 39.7 Å². The molecule has 0 spiro atoms. The molecule has 0 saturated carbocycles. The number of hydrazone groups is 1. The van der Waals surface area contributed by atoms with Gasteiger partial charge in [0.2, 0.25) is 11.8 Å². The largest absolute Gasteiger partial charge is 0.507 e. The zero-order valence-corrected chi connectivity index (χ0v) is 23.1. The molecule has 1 aliphatic heterocycles. The molecule has 222 valence electrons. The minimum absolute atomic E-state index is 0.138. The molecule has 0 unspecified atom stereocenters. The number of para-hydroxylation sites is 2. The Bertz CT molecular complexity index is 1980. The first kappa shape index (κ1) is 27.6. The molecule has 45 heavy (non-hydrogen) atoms. The van der Waals surface area contributed by atoms with Gasteiger partial charge < -0.3 is 5.11 Å². The van der Waals surface area contributed by atoms with Crippen LogP contribution >= 0.6 is 0 Å². The van der Waals surface area contributed by atoms with Gasteiger partial charge in [0.05, 0.1) is 32.7 Å². The normalized spacial score (nSPS) is 22.6. The number of phenols is 1. The van der Waals surface area contributed by atoms with Gasteiger partial charge in [0.25, 0.3) is 17.3 Å². The maximum Gasteiger partial charge on any atom is 0.293 e. The molecular weight excluding hydrogens is 582 g/mol. The summed E-state index contributed by atoms with van der Waals surface area (Å²) in [5.74, 6) is -5.23. The molecule has 13 nitrogen and oxygen atoms in total. The summed E-state index contributed by atoms with van der Waals surface area (Å²) < 4.78 is 0. The number of anilines is 1. The second kappa shape index (κ2) is 9.91. The van der Waals surface area contributed by atoms with Crippen LogP contribution in [0.1, 0.15) is 38.5 Å². The maximum absolute atomic E-state index is 14.4. The number of imide groups is 1. The molecule has 1 saturated heterocycles. The molecule has 0 radical (unpaired) electrons. The summed E-state index contributed by atoms with van der Waals surface area (Å²) in [5.41, 5.74) is 2.49. The monoisotopic (exact) mass is 603 g/mol. The van der Waals surface area contributed by atoms with Gasteiger partial charge in [-0.15, -0.1) is 0 Å². The summed E-state index contributed by atoms with van der Waals surface area (Å²) in [7, 11) is 0. The van der Waals surface area contributed by atoms with Crippen LogP contribution in [0.4, 0.5) is 17.1 Å². The van der Waals surface area contributed by atoms with Gasteiger partial charge in [-0.25, -0.2) is 10.3 Å². The topological polar surface area (TPSA) is 185 Å². The fraction of sp³-hybridized carbons (Fsp3) is 0.125. The third kappa shape index (κ3) is 3.80. The van der Waals surface area contributed by atoms with E-state index in [1.54, 1.807) is 12.1 Å². The summed E-state index contributed by atoms with van der Waals surface area (Å²) in [6.45, 7) is 0. The first-order valence-corrected chi connectivity index (χ1v) is 13.8. The van der Waals surface area contributed by atoms with E-state index in [2.05, 4.69) is 10.5 Å². The maximum atomic E-state index is 14.4. The van der Waals surface area contributed by atoms with Gasteiger partial charge in [-0.1, -0.05) is 60.7 Å². The Morgan fingerprint density at radius 2 is 1.49 bits per heavy atom. The number of hydrogen-bond donors (Lipinski definition) is 2. The number of nitrogens with one attached hydrogen (secondary N) is 1. The highest BCUT2D eigenvalue weighted by Crippen LogP contribution is 2.63. The second-order valence-electron chi connectivity index (χ2n) is 10.9. The Labute approximate surface area is 253 Å². The van der Waals surface area contributed by atoms with Gasteiger partial charge in [0, 0.05) is 30.3 Å². The number of non-ortho nitro benzene ring substituents is 1. The van der Waals surface area contributed by atoms with Gasteiger partial charge in [0.1, 0.15) is 11.4 Å². The lowest BCUT2D eigenvalue weighted by Crippen LogP contribution is -2.54. The third-order valence-electron chi connectivity index (χ3n) is 8.87. The molecule has 2 bridgehead atoms. The van der Waals surface area contributed by atoms with Crippen LogP contribution in [-0.4, -0.2) is 38.9 Å². The molecule has 13 heteroatoms. The van der Waals surface area contributed by atoms with Crippen molar-refractivity contribution in [3.63, 3.8) is 0 Å². The molecule has 4 aromatic carbocycles. The molecule has 4 aromatic rings. The van der Waals surface area contributed by atoms with Gasteiger partial charge in [-0.3, -0.25) is 34.6 Å². The van der Waals surface area contributed by atoms with Crippen LogP contribution in [0.25, 0.3) is 0 Å². The van der Waals surface area contributed by atoms with Crippen LogP contribution in [-0.2, 0) is 15.0 Å². The quantitative estimate of drug-likeness (QED) is 0.142. The second-order valence-corrected chi connectivity index (χ2v) is 10.9. The van der Waals surface area contributed by atoms with Crippen molar-refractivity contribution in [2.24, 2.45) is 16.9 Å². The van der Waals surface area contributed by atoms with Crippen molar-refractivity contribution in [2.45, 2.75) is 11.3 Å². The fourth-order valence-electron chi connectivity index (χ4n) is 7.17. The first-order chi connectivity index (χ1) is 21.7. The van der Waals surface area contributed by atoms with Crippen molar-refractivity contribution in [2.75, 3.05) is 4.90 Å². The molecule has 1 fully saturated rings. The lowest BCUT2D eigenvalue weighted by molar-refractivity contribution is -0.384. The fourth-order valence-corrected chi connectivity index (χ4v) is 7.17. The van der Waals surface area contributed by atoms with Gasteiger partial charge in [-0.05, 0) is 34.4 Å². The van der Waals surface area contributed by atoms with Crippen LogP contribution in [0.5, 0.6) is 5.75 Å². The minimum atomic E-state index is -1.39. The minimum Gasteiger partial charge on any atom is -0.507 e. The van der Waals surface area contributed by atoms with Crippen LogP contribution in [0, 0.1) is 32.1 Å². The third-order valence-corrected chi connectivity index (χ3v) is 8.87. The number of phenolic OH excluding ortho intramolecular Hbond substituents is 1. The Morgan fingerprint density at radius 3 is 2.13 bits per heavy atom. The Morgan fingerprint density at radius 1 is 0.867 bits per heavy atom. The number of benzene rings is 4. The lowest BCUT2D eigenvalue weighted by atomic mass is 9.47. The van der Waals surface area contributed by atoms with E-state index < -0.39 is 67.9 Å². The predicted molar refractivity (Wildman–Crippen MR) is 159 cm³/mol. The molecule has 4 aliphatic rings. The summed E-state index contributed by atoms with van der Waals surface area (Å²) >= 11 is 0. The van der Waals surface area contributed by atoms with E-state index in [0.29, 0.717) is 11.1 Å². The van der Waals surface area contributed by atoms with E-state index in [-0.39, 0.29) is 11.3 Å². The molecular formula is C32H21N5O8. The smallest absolute Gasteiger partial charge is 0.293 e. The number of nitro benzene ring substituents is 2. The number of aromatic hydroxyl groups is 1. The summed E-state index contributed by atoms with van der Waals surface area (Å²) in [5, 5.41) is 37.6. The number of hydrogen-bond acceptors (Lipinski definition) is 9. The zero-order valence-electron chi connectivity index (χ0n) is 23.1. The number of nitro groups is 2. The standard InChI is InChI=1S/C32H21N5O8/c38-25-14-13-17(36(42)43)15-20(25)29(39)34-33-16-32-21-9-3-1-7-18(21)26(19-8-2-4-10-22(19)32)27-28(32)31(41)35(30(27)40)23-11-5-6-12-24(23)37(44)45/h1-16,26-28,38H,(H,34,39)/b33-16-/t26?,27-,28+,32?/m0/s1. The Hall–Kier alpha value is -6.24.